The summed E-state index contributed by atoms with van der Waals surface area (Å²) in [5, 5.41) is 13.5. The highest BCUT2D eigenvalue weighted by atomic mass is 79.9. The average molecular weight is 488 g/mol. The van der Waals surface area contributed by atoms with Crippen LogP contribution in [0.3, 0.4) is 0 Å². The smallest absolute Gasteiger partial charge is 0.321 e. The third kappa shape index (κ3) is 5.70. The minimum absolute atomic E-state index is 0.387. The van der Waals surface area contributed by atoms with Crippen molar-refractivity contribution in [3.05, 3.63) is 64.6 Å². The number of carbonyl (C=O) groups is 2. The van der Waals surface area contributed by atoms with Crippen LogP contribution in [0.2, 0.25) is 0 Å². The van der Waals surface area contributed by atoms with Gasteiger partial charge in [0, 0.05) is 23.6 Å². The zero-order valence-corrected chi connectivity index (χ0v) is 19.0. The Morgan fingerprint density at radius 3 is 2.47 bits per heavy atom. The Balaban J connectivity index is 1.85. The molecule has 0 aliphatic rings. The minimum Gasteiger partial charge on any atom is -0.341 e. The van der Waals surface area contributed by atoms with Gasteiger partial charge in [0.05, 0.1) is 5.25 Å². The van der Waals surface area contributed by atoms with Crippen molar-refractivity contribution in [1.82, 2.24) is 25.4 Å². The van der Waals surface area contributed by atoms with E-state index in [1.165, 1.54) is 24.4 Å². The monoisotopic (exact) mass is 487 g/mol. The maximum atomic E-state index is 12.3. The van der Waals surface area contributed by atoms with Gasteiger partial charge in [0.1, 0.15) is 0 Å². The molecule has 0 spiro atoms. The van der Waals surface area contributed by atoms with E-state index < -0.39 is 11.3 Å². The van der Waals surface area contributed by atoms with Crippen LogP contribution < -0.4 is 10.6 Å². The third-order valence-electron chi connectivity index (χ3n) is 4.40. The molecule has 7 nitrogen and oxygen atoms in total. The number of imide groups is 1. The first-order chi connectivity index (χ1) is 14.5. The Hall–Kier alpha value is -2.65. The number of nitrogens with one attached hydrogen (secondary N) is 2. The Morgan fingerprint density at radius 1 is 1.10 bits per heavy atom. The van der Waals surface area contributed by atoms with Crippen molar-refractivity contribution in [2.75, 3.05) is 7.05 Å². The van der Waals surface area contributed by atoms with E-state index in [0.717, 1.165) is 22.3 Å². The summed E-state index contributed by atoms with van der Waals surface area (Å²) in [6, 6.07) is 17.5. The summed E-state index contributed by atoms with van der Waals surface area (Å²) < 4.78 is 3.00. The number of amides is 3. The van der Waals surface area contributed by atoms with Crippen molar-refractivity contribution < 1.29 is 9.59 Å². The largest absolute Gasteiger partial charge is 0.341 e. The summed E-state index contributed by atoms with van der Waals surface area (Å²) in [6.45, 7) is 2.40. The number of hydrogen-bond donors (Lipinski definition) is 2. The first-order valence-electron chi connectivity index (χ1n) is 9.40. The highest BCUT2D eigenvalue weighted by Gasteiger charge is 2.22. The molecule has 1 heterocycles. The molecule has 0 radical (unpaired) electrons. The van der Waals surface area contributed by atoms with E-state index in [4.69, 9.17) is 0 Å². The van der Waals surface area contributed by atoms with Crippen LogP contribution in [0.4, 0.5) is 4.79 Å². The second kappa shape index (κ2) is 10.4. The van der Waals surface area contributed by atoms with Crippen molar-refractivity contribution >= 4 is 39.6 Å². The molecule has 3 amide bonds. The number of aromatic nitrogens is 3. The summed E-state index contributed by atoms with van der Waals surface area (Å²) >= 11 is 4.73. The molecule has 3 rings (SSSR count). The molecule has 0 bridgehead atoms. The van der Waals surface area contributed by atoms with Crippen molar-refractivity contribution in [3.8, 4) is 11.4 Å². The van der Waals surface area contributed by atoms with Crippen LogP contribution in [-0.4, -0.2) is 39.0 Å². The fourth-order valence-corrected chi connectivity index (χ4v) is 3.90. The number of benzene rings is 2. The second-order valence-electron chi connectivity index (χ2n) is 6.53. The lowest BCUT2D eigenvalue weighted by molar-refractivity contribution is -0.119. The van der Waals surface area contributed by atoms with E-state index >= 15 is 0 Å². The van der Waals surface area contributed by atoms with Crippen molar-refractivity contribution in [2.45, 2.75) is 30.3 Å². The van der Waals surface area contributed by atoms with E-state index in [0.29, 0.717) is 11.7 Å². The average Bonchev–Trinajstić information content (AvgIpc) is 3.15. The van der Waals surface area contributed by atoms with E-state index in [2.05, 4.69) is 48.9 Å². The molecule has 0 saturated carbocycles. The number of hydrogen-bond acceptors (Lipinski definition) is 5. The minimum atomic E-state index is -0.534. The Kier molecular flexibility index (Phi) is 7.64. The van der Waals surface area contributed by atoms with Crippen LogP contribution in [0.25, 0.3) is 11.4 Å². The predicted molar refractivity (Wildman–Crippen MR) is 121 cm³/mol. The van der Waals surface area contributed by atoms with E-state index in [1.807, 2.05) is 47.0 Å². The maximum Gasteiger partial charge on any atom is 0.321 e. The molecule has 0 aliphatic heterocycles. The number of aryl methyl sites for hydroxylation is 1. The van der Waals surface area contributed by atoms with Gasteiger partial charge in [0.2, 0.25) is 5.91 Å². The van der Waals surface area contributed by atoms with Crippen LogP contribution in [0, 0.1) is 0 Å². The SMILES string of the molecule is CNC(=O)NC(=O)[C@H](C)Sc1nnc(-c2ccc(Br)cc2)n1CCc1ccccc1. The molecule has 0 aliphatic carbocycles. The van der Waals surface area contributed by atoms with E-state index in [1.54, 1.807) is 6.92 Å². The molecular weight excluding hydrogens is 466 g/mol. The first kappa shape index (κ1) is 22.0. The van der Waals surface area contributed by atoms with Gasteiger partial charge < -0.3 is 9.88 Å². The zero-order chi connectivity index (χ0) is 21.5. The zero-order valence-electron chi connectivity index (χ0n) is 16.6. The quantitative estimate of drug-likeness (QED) is 0.493. The highest BCUT2D eigenvalue weighted by Crippen LogP contribution is 2.28. The molecule has 1 atom stereocenters. The maximum absolute atomic E-state index is 12.3. The summed E-state index contributed by atoms with van der Waals surface area (Å²) in [5.41, 5.74) is 2.14. The number of rotatable bonds is 7. The van der Waals surface area contributed by atoms with Crippen LogP contribution in [0.5, 0.6) is 0 Å². The first-order valence-corrected chi connectivity index (χ1v) is 11.1. The molecule has 2 N–H and O–H groups in total. The predicted octanol–water partition coefficient (Wildman–Crippen LogP) is 3.89. The summed E-state index contributed by atoms with van der Waals surface area (Å²) in [5.74, 6) is 0.349. The van der Waals surface area contributed by atoms with Crippen molar-refractivity contribution in [3.63, 3.8) is 0 Å². The second-order valence-corrected chi connectivity index (χ2v) is 8.75. The third-order valence-corrected chi connectivity index (χ3v) is 6.01. The van der Waals surface area contributed by atoms with Crippen LogP contribution in [-0.2, 0) is 17.8 Å². The van der Waals surface area contributed by atoms with Gasteiger partial charge in [0.15, 0.2) is 11.0 Å². The number of nitrogens with zero attached hydrogens (tertiary/aromatic N) is 3. The van der Waals surface area contributed by atoms with Gasteiger partial charge in [0.25, 0.3) is 0 Å². The molecule has 0 saturated heterocycles. The highest BCUT2D eigenvalue weighted by molar-refractivity contribution is 9.10. The van der Waals surface area contributed by atoms with Gasteiger partial charge in [-0.25, -0.2) is 4.79 Å². The Bertz CT molecular complexity index is 1010. The van der Waals surface area contributed by atoms with E-state index in [9.17, 15) is 9.59 Å². The van der Waals surface area contributed by atoms with Crippen LogP contribution in [0.15, 0.2) is 64.2 Å². The molecule has 9 heteroatoms. The van der Waals surface area contributed by atoms with Gasteiger partial charge in [-0.05, 0) is 31.0 Å². The van der Waals surface area contributed by atoms with E-state index in [-0.39, 0.29) is 5.91 Å². The summed E-state index contributed by atoms with van der Waals surface area (Å²) in [4.78, 5) is 23.7. The molecule has 0 unspecified atom stereocenters. The lowest BCUT2D eigenvalue weighted by Crippen LogP contribution is -2.41. The molecule has 156 valence electrons. The van der Waals surface area contributed by atoms with Gasteiger partial charge in [-0.15, -0.1) is 10.2 Å². The van der Waals surface area contributed by atoms with Gasteiger partial charge in [-0.1, -0.05) is 70.2 Å². The molecule has 2 aromatic carbocycles. The molecular formula is C21H22BrN5O2S. The number of thioether (sulfide) groups is 1. The fourth-order valence-electron chi connectivity index (χ4n) is 2.76. The van der Waals surface area contributed by atoms with Crippen molar-refractivity contribution in [1.29, 1.82) is 0 Å². The Morgan fingerprint density at radius 2 is 1.80 bits per heavy atom. The van der Waals surface area contributed by atoms with Gasteiger partial charge in [-0.2, -0.15) is 0 Å². The van der Waals surface area contributed by atoms with Gasteiger partial charge >= 0.3 is 6.03 Å². The molecule has 1 aromatic heterocycles. The summed E-state index contributed by atoms with van der Waals surface area (Å²) in [6.07, 6.45) is 0.800. The fraction of sp³-hybridized carbons (Fsp3) is 0.238. The lowest BCUT2D eigenvalue weighted by atomic mass is 10.1. The number of carbonyl (C=O) groups excluding carboxylic acids is 2. The topological polar surface area (TPSA) is 88.9 Å². The lowest BCUT2D eigenvalue weighted by Gasteiger charge is -2.13. The molecule has 30 heavy (non-hydrogen) atoms. The standard InChI is InChI=1S/C21H22BrN5O2S/c1-14(19(28)24-20(29)23-2)30-21-26-25-18(16-8-10-17(22)11-9-16)27(21)13-12-15-6-4-3-5-7-15/h3-11,14H,12-13H2,1-2H3,(H2,23,24,28,29)/t14-/m0/s1. The molecule has 0 fully saturated rings. The van der Waals surface area contributed by atoms with Crippen molar-refractivity contribution in [2.24, 2.45) is 0 Å². The normalized spacial score (nSPS) is 11.7. The summed E-state index contributed by atoms with van der Waals surface area (Å²) in [7, 11) is 1.46. The molecule has 3 aromatic rings. The van der Waals surface area contributed by atoms with Crippen LogP contribution >= 0.6 is 27.7 Å². The van der Waals surface area contributed by atoms with Crippen LogP contribution in [0.1, 0.15) is 12.5 Å². The van der Waals surface area contributed by atoms with Gasteiger partial charge in [-0.3, -0.25) is 10.1 Å². The number of halogens is 1. The number of urea groups is 1. The Labute approximate surface area is 187 Å².